The maximum atomic E-state index is 12.2. The summed E-state index contributed by atoms with van der Waals surface area (Å²) in [6.45, 7) is 1.31. The van der Waals surface area contributed by atoms with Gasteiger partial charge in [0.25, 0.3) is 0 Å². The number of amides is 2. The fraction of sp³-hybridized carbons (Fsp3) is 0.444. The average Bonchev–Trinajstić information content (AvgIpc) is 3.56. The van der Waals surface area contributed by atoms with Crippen molar-refractivity contribution in [1.82, 2.24) is 10.6 Å². The van der Waals surface area contributed by atoms with Gasteiger partial charge in [-0.05, 0) is 47.4 Å². The number of aliphatic carboxylic acids is 1. The maximum absolute atomic E-state index is 12.2. The predicted molar refractivity (Wildman–Crippen MR) is 128 cm³/mol. The number of benzene rings is 2. The van der Waals surface area contributed by atoms with Crippen LogP contribution in [-0.4, -0.2) is 42.8 Å². The van der Waals surface area contributed by atoms with E-state index in [-0.39, 0.29) is 23.7 Å². The molecule has 2 amide bonds. The lowest BCUT2D eigenvalue weighted by Gasteiger charge is -2.14. The maximum Gasteiger partial charge on any atom is 0.407 e. The van der Waals surface area contributed by atoms with Crippen LogP contribution in [0.2, 0.25) is 0 Å². The monoisotopic (exact) mass is 464 g/mol. The number of unbranched alkanes of at least 4 members (excludes halogenated alkanes) is 3. The van der Waals surface area contributed by atoms with Crippen LogP contribution < -0.4 is 10.6 Å². The minimum absolute atomic E-state index is 0.0206. The van der Waals surface area contributed by atoms with E-state index in [4.69, 9.17) is 9.84 Å². The van der Waals surface area contributed by atoms with Gasteiger partial charge in [-0.25, -0.2) is 4.79 Å². The lowest BCUT2D eigenvalue weighted by molar-refractivity contribution is -0.139. The molecule has 0 unspecified atom stereocenters. The van der Waals surface area contributed by atoms with E-state index < -0.39 is 12.1 Å². The summed E-state index contributed by atoms with van der Waals surface area (Å²) in [5, 5.41) is 14.5. The summed E-state index contributed by atoms with van der Waals surface area (Å²) >= 11 is 0. The van der Waals surface area contributed by atoms with Gasteiger partial charge in [0.1, 0.15) is 6.61 Å². The van der Waals surface area contributed by atoms with E-state index in [1.165, 1.54) is 22.3 Å². The molecule has 2 aromatic carbocycles. The number of rotatable bonds is 12. The Bertz CT molecular complexity index is 992. The second kappa shape index (κ2) is 11.2. The summed E-state index contributed by atoms with van der Waals surface area (Å²) in [6.07, 6.45) is 4.14. The largest absolute Gasteiger partial charge is 0.481 e. The Morgan fingerprint density at radius 3 is 2.18 bits per heavy atom. The van der Waals surface area contributed by atoms with Crippen LogP contribution in [0.3, 0.4) is 0 Å². The number of carboxylic acids is 1. The van der Waals surface area contributed by atoms with Gasteiger partial charge in [-0.3, -0.25) is 9.59 Å². The van der Waals surface area contributed by atoms with E-state index in [0.29, 0.717) is 32.5 Å². The number of carbonyl (C=O) groups is 3. The van der Waals surface area contributed by atoms with Crippen LogP contribution >= 0.6 is 0 Å². The van der Waals surface area contributed by atoms with Gasteiger partial charge in [0, 0.05) is 25.4 Å². The Kier molecular flexibility index (Phi) is 7.83. The molecule has 0 aromatic heterocycles. The second-order valence-electron chi connectivity index (χ2n) is 9.16. The SMILES string of the molecule is O=C(CCCCCCNC(=O)OCC1c2ccccc2-c2ccccc21)NC[C@@H]1C[C@@H]1C(=O)O. The fourth-order valence-corrected chi connectivity index (χ4v) is 4.71. The second-order valence-corrected chi connectivity index (χ2v) is 9.16. The molecule has 3 N–H and O–H groups in total. The van der Waals surface area contributed by atoms with Crippen molar-refractivity contribution in [1.29, 1.82) is 0 Å². The van der Waals surface area contributed by atoms with Crippen molar-refractivity contribution in [2.75, 3.05) is 19.7 Å². The van der Waals surface area contributed by atoms with E-state index in [0.717, 1.165) is 25.7 Å². The van der Waals surface area contributed by atoms with Crippen LogP contribution in [0.15, 0.2) is 48.5 Å². The first-order chi connectivity index (χ1) is 16.5. The molecule has 0 heterocycles. The van der Waals surface area contributed by atoms with Crippen LogP contribution in [0.1, 0.15) is 55.6 Å². The van der Waals surface area contributed by atoms with Crippen molar-refractivity contribution in [3.8, 4) is 11.1 Å². The number of fused-ring (bicyclic) bond motifs is 3. The number of alkyl carbamates (subject to hydrolysis) is 1. The molecule has 2 atom stereocenters. The molecule has 0 bridgehead atoms. The lowest BCUT2D eigenvalue weighted by atomic mass is 9.98. The van der Waals surface area contributed by atoms with Crippen molar-refractivity contribution in [3.63, 3.8) is 0 Å². The zero-order valence-corrected chi connectivity index (χ0v) is 19.3. The summed E-state index contributed by atoms with van der Waals surface area (Å²) in [5.41, 5.74) is 4.80. The number of hydrogen-bond donors (Lipinski definition) is 3. The van der Waals surface area contributed by atoms with Crippen LogP contribution in [0.25, 0.3) is 11.1 Å². The average molecular weight is 465 g/mol. The first kappa shape index (κ1) is 23.8. The van der Waals surface area contributed by atoms with Crippen LogP contribution in [-0.2, 0) is 14.3 Å². The zero-order valence-electron chi connectivity index (χ0n) is 19.3. The van der Waals surface area contributed by atoms with Crippen molar-refractivity contribution < 1.29 is 24.2 Å². The topological polar surface area (TPSA) is 105 Å². The third kappa shape index (κ3) is 5.95. The molecule has 180 valence electrons. The van der Waals surface area contributed by atoms with E-state index in [9.17, 15) is 14.4 Å². The first-order valence-electron chi connectivity index (χ1n) is 12.1. The highest BCUT2D eigenvalue weighted by Gasteiger charge is 2.42. The number of carboxylic acid groups (broad SMARTS) is 1. The van der Waals surface area contributed by atoms with Crippen molar-refractivity contribution in [2.45, 2.75) is 44.4 Å². The molecular formula is C27H32N2O5. The quantitative estimate of drug-likeness (QED) is 0.406. The van der Waals surface area contributed by atoms with E-state index in [2.05, 4.69) is 34.9 Å². The molecule has 1 saturated carbocycles. The summed E-state index contributed by atoms with van der Waals surface area (Å²) in [5.74, 6) is -0.937. The number of nitrogens with one attached hydrogen (secondary N) is 2. The van der Waals surface area contributed by atoms with Gasteiger partial charge < -0.3 is 20.5 Å². The van der Waals surface area contributed by atoms with Crippen LogP contribution in [0.5, 0.6) is 0 Å². The molecule has 7 heteroatoms. The Balaban J connectivity index is 1.06. The molecule has 0 aliphatic heterocycles. The van der Waals surface area contributed by atoms with Gasteiger partial charge in [0.2, 0.25) is 5.91 Å². The van der Waals surface area contributed by atoms with E-state index >= 15 is 0 Å². The summed E-state index contributed by atoms with van der Waals surface area (Å²) in [6, 6.07) is 16.5. The van der Waals surface area contributed by atoms with Crippen LogP contribution in [0.4, 0.5) is 4.79 Å². The third-order valence-electron chi connectivity index (χ3n) is 6.74. The number of hydrogen-bond acceptors (Lipinski definition) is 4. The molecule has 7 nitrogen and oxygen atoms in total. The Morgan fingerprint density at radius 1 is 0.882 bits per heavy atom. The Morgan fingerprint density at radius 2 is 1.53 bits per heavy atom. The molecule has 0 spiro atoms. The highest BCUT2D eigenvalue weighted by Crippen LogP contribution is 2.44. The highest BCUT2D eigenvalue weighted by molar-refractivity contribution is 5.79. The number of ether oxygens (including phenoxy) is 1. The smallest absolute Gasteiger partial charge is 0.407 e. The van der Waals surface area contributed by atoms with Gasteiger partial charge in [-0.15, -0.1) is 0 Å². The molecule has 0 saturated heterocycles. The van der Waals surface area contributed by atoms with Gasteiger partial charge in [-0.1, -0.05) is 61.4 Å². The highest BCUT2D eigenvalue weighted by atomic mass is 16.5. The van der Waals surface area contributed by atoms with Gasteiger partial charge in [0.15, 0.2) is 0 Å². The van der Waals surface area contributed by atoms with Gasteiger partial charge in [-0.2, -0.15) is 0 Å². The summed E-state index contributed by atoms with van der Waals surface area (Å²) in [4.78, 5) is 34.8. The Hall–Kier alpha value is -3.35. The summed E-state index contributed by atoms with van der Waals surface area (Å²) < 4.78 is 5.53. The molecular weight excluding hydrogens is 432 g/mol. The van der Waals surface area contributed by atoms with Crippen LogP contribution in [0, 0.1) is 11.8 Å². The molecule has 34 heavy (non-hydrogen) atoms. The first-order valence-corrected chi connectivity index (χ1v) is 12.1. The van der Waals surface area contributed by atoms with Gasteiger partial charge >= 0.3 is 12.1 Å². The molecule has 2 aliphatic carbocycles. The third-order valence-corrected chi connectivity index (χ3v) is 6.74. The van der Waals surface area contributed by atoms with Crippen molar-refractivity contribution in [3.05, 3.63) is 59.7 Å². The van der Waals surface area contributed by atoms with Crippen molar-refractivity contribution >= 4 is 18.0 Å². The number of carbonyl (C=O) groups excluding carboxylic acids is 2. The van der Waals surface area contributed by atoms with Gasteiger partial charge in [0.05, 0.1) is 5.92 Å². The zero-order chi connectivity index (χ0) is 23.9. The van der Waals surface area contributed by atoms with E-state index in [1.807, 2.05) is 24.3 Å². The normalized spacial score (nSPS) is 18.0. The minimum Gasteiger partial charge on any atom is -0.481 e. The molecule has 4 rings (SSSR count). The molecule has 2 aliphatic rings. The lowest BCUT2D eigenvalue weighted by Crippen LogP contribution is -2.27. The molecule has 2 aromatic rings. The standard InChI is InChI=1S/C27H32N2O5/c30-25(29-16-18-15-23(18)26(31)32)13-3-1-2-8-14-28-27(33)34-17-24-21-11-6-4-9-19(21)20-10-5-7-12-22(20)24/h4-7,9-12,18,23-24H,1-3,8,13-17H2,(H,28,33)(H,29,30)(H,31,32)/t18-,23-/m0/s1. The Labute approximate surface area is 199 Å². The molecule has 0 radical (unpaired) electrons. The van der Waals surface area contributed by atoms with Crippen molar-refractivity contribution in [2.24, 2.45) is 11.8 Å². The van der Waals surface area contributed by atoms with E-state index in [1.54, 1.807) is 0 Å². The minimum atomic E-state index is -0.772. The predicted octanol–water partition coefficient (Wildman–Crippen LogP) is 4.31. The fourth-order valence-electron chi connectivity index (χ4n) is 4.71. The summed E-state index contributed by atoms with van der Waals surface area (Å²) in [7, 11) is 0. The molecule has 1 fully saturated rings.